The number of aromatic amines is 1. The van der Waals surface area contributed by atoms with Crippen LogP contribution in [0.4, 0.5) is 0 Å². The van der Waals surface area contributed by atoms with Crippen molar-refractivity contribution < 1.29 is 4.79 Å². The van der Waals surface area contributed by atoms with Crippen LogP contribution in [0, 0.1) is 0 Å². The van der Waals surface area contributed by atoms with Gasteiger partial charge in [0.05, 0.1) is 5.54 Å². The number of hydrogen-bond donors (Lipinski definition) is 2. The molecule has 1 aliphatic carbocycles. The lowest BCUT2D eigenvalue weighted by molar-refractivity contribution is 0.0907. The van der Waals surface area contributed by atoms with Crippen LogP contribution in [-0.4, -0.2) is 41.0 Å². The van der Waals surface area contributed by atoms with E-state index in [2.05, 4.69) is 22.1 Å². The van der Waals surface area contributed by atoms with Crippen molar-refractivity contribution in [3.63, 3.8) is 0 Å². The van der Waals surface area contributed by atoms with Crippen LogP contribution in [0.3, 0.4) is 0 Å². The second-order valence-corrected chi connectivity index (χ2v) is 6.32. The Morgan fingerprint density at radius 1 is 1.30 bits per heavy atom. The maximum Gasteiger partial charge on any atom is 0.268 e. The number of nitrogens with zero attached hydrogens (tertiary/aromatic N) is 1. The minimum absolute atomic E-state index is 0.0475. The van der Waals surface area contributed by atoms with Gasteiger partial charge in [0.2, 0.25) is 0 Å². The van der Waals surface area contributed by atoms with Crippen LogP contribution < -0.4 is 5.32 Å². The number of hydrogen-bond acceptors (Lipinski definition) is 2. The average Bonchev–Trinajstić information content (AvgIpc) is 3.04. The Balaban J connectivity index is 1.57. The number of rotatable bonds is 5. The van der Waals surface area contributed by atoms with E-state index >= 15 is 0 Å². The molecule has 2 N–H and O–H groups in total. The number of amides is 1. The summed E-state index contributed by atoms with van der Waals surface area (Å²) in [5.74, 6) is 0.0548. The second-order valence-electron chi connectivity index (χ2n) is 6.32. The largest absolute Gasteiger partial charge is 0.354 e. The van der Waals surface area contributed by atoms with E-state index in [4.69, 9.17) is 0 Å². The molecule has 0 atom stereocenters. The quantitative estimate of drug-likeness (QED) is 0.866. The molecule has 20 heavy (non-hydrogen) atoms. The van der Waals surface area contributed by atoms with Crippen molar-refractivity contribution in [1.82, 2.24) is 15.2 Å². The van der Waals surface area contributed by atoms with E-state index in [-0.39, 0.29) is 11.4 Å². The Hall–Kier alpha value is -1.29. The molecule has 0 spiro atoms. The van der Waals surface area contributed by atoms with E-state index in [1.54, 1.807) is 0 Å². The Morgan fingerprint density at radius 2 is 2.05 bits per heavy atom. The normalized spacial score (nSPS) is 21.6. The lowest BCUT2D eigenvalue weighted by atomic mass is 10.1. The minimum Gasteiger partial charge on any atom is -0.354 e. The Kier molecular flexibility index (Phi) is 3.83. The first-order valence-corrected chi connectivity index (χ1v) is 7.93. The highest BCUT2D eigenvalue weighted by Crippen LogP contribution is 2.37. The van der Waals surface area contributed by atoms with Crippen LogP contribution in [0.1, 0.15) is 55.2 Å². The summed E-state index contributed by atoms with van der Waals surface area (Å²) in [6.07, 6.45) is 7.15. The first kappa shape index (κ1) is 13.7. The number of aryl methyl sites for hydroxylation is 1. The molecule has 3 rings (SSSR count). The zero-order chi connectivity index (χ0) is 14.0. The fourth-order valence-electron chi connectivity index (χ4n) is 3.11. The van der Waals surface area contributed by atoms with Gasteiger partial charge < -0.3 is 15.2 Å². The van der Waals surface area contributed by atoms with Crippen molar-refractivity contribution in [1.29, 1.82) is 0 Å². The molecule has 0 bridgehead atoms. The summed E-state index contributed by atoms with van der Waals surface area (Å²) in [5, 5.41) is 3.26. The molecule has 1 aromatic heterocycles. The predicted molar refractivity (Wildman–Crippen MR) is 79.9 cm³/mol. The average molecular weight is 275 g/mol. The standard InChI is InChI=1S/C16H25N3O/c1-2-13-6-7-14(17-13)15(20)18-16(8-9-16)12-19-10-4-3-5-11-19/h6-7,17H,2-5,8-12H2,1H3,(H,18,20). The zero-order valence-corrected chi connectivity index (χ0v) is 12.4. The highest BCUT2D eigenvalue weighted by atomic mass is 16.2. The lowest BCUT2D eigenvalue weighted by Gasteiger charge is -2.30. The zero-order valence-electron chi connectivity index (χ0n) is 12.4. The maximum atomic E-state index is 12.3. The third-order valence-corrected chi connectivity index (χ3v) is 4.58. The van der Waals surface area contributed by atoms with Crippen LogP contribution in [0.5, 0.6) is 0 Å². The Morgan fingerprint density at radius 3 is 2.65 bits per heavy atom. The molecular formula is C16H25N3O. The molecule has 0 unspecified atom stereocenters. The van der Waals surface area contributed by atoms with Crippen molar-refractivity contribution in [2.24, 2.45) is 0 Å². The second kappa shape index (κ2) is 5.60. The first-order chi connectivity index (χ1) is 9.71. The SMILES string of the molecule is CCc1ccc(C(=O)NC2(CN3CCCCC3)CC2)[nH]1. The predicted octanol–water partition coefficient (Wildman–Crippen LogP) is 2.33. The monoisotopic (exact) mass is 275 g/mol. The summed E-state index contributed by atoms with van der Waals surface area (Å²) in [6.45, 7) is 5.51. The van der Waals surface area contributed by atoms with Gasteiger partial charge in [0, 0.05) is 12.2 Å². The molecule has 2 aliphatic rings. The van der Waals surface area contributed by atoms with Gasteiger partial charge in [-0.3, -0.25) is 4.79 Å². The minimum atomic E-state index is 0.0475. The molecule has 0 radical (unpaired) electrons. The molecule has 4 nitrogen and oxygen atoms in total. The van der Waals surface area contributed by atoms with E-state index < -0.39 is 0 Å². The topological polar surface area (TPSA) is 48.1 Å². The van der Waals surface area contributed by atoms with Crippen LogP contribution in [0.15, 0.2) is 12.1 Å². The highest BCUT2D eigenvalue weighted by molar-refractivity contribution is 5.93. The highest BCUT2D eigenvalue weighted by Gasteiger charge is 2.45. The number of carbonyl (C=O) groups is 1. The van der Waals surface area contributed by atoms with E-state index in [0.717, 1.165) is 31.5 Å². The number of H-pyrrole nitrogens is 1. The van der Waals surface area contributed by atoms with Gasteiger partial charge in [0.25, 0.3) is 5.91 Å². The first-order valence-electron chi connectivity index (χ1n) is 7.93. The van der Waals surface area contributed by atoms with E-state index in [1.807, 2.05) is 12.1 Å². The van der Waals surface area contributed by atoms with Crippen LogP contribution in [0.25, 0.3) is 0 Å². The molecule has 1 amide bonds. The van der Waals surface area contributed by atoms with Crippen LogP contribution >= 0.6 is 0 Å². The van der Waals surface area contributed by atoms with Crippen molar-refractivity contribution in [2.75, 3.05) is 19.6 Å². The molecule has 1 saturated heterocycles. The Bertz CT molecular complexity index is 470. The molecule has 2 fully saturated rings. The van der Waals surface area contributed by atoms with Gasteiger partial charge in [-0.2, -0.15) is 0 Å². The molecule has 1 saturated carbocycles. The maximum absolute atomic E-state index is 12.3. The van der Waals surface area contributed by atoms with E-state index in [9.17, 15) is 4.79 Å². The van der Waals surface area contributed by atoms with Crippen molar-refractivity contribution in [3.8, 4) is 0 Å². The van der Waals surface area contributed by atoms with Crippen molar-refractivity contribution in [2.45, 2.75) is 51.0 Å². The molecular weight excluding hydrogens is 250 g/mol. The van der Waals surface area contributed by atoms with Gasteiger partial charge >= 0.3 is 0 Å². The molecule has 4 heteroatoms. The van der Waals surface area contributed by atoms with Gasteiger partial charge in [0.1, 0.15) is 5.69 Å². The molecule has 110 valence electrons. The molecule has 1 aromatic rings. The van der Waals surface area contributed by atoms with E-state index in [0.29, 0.717) is 5.69 Å². The third-order valence-electron chi connectivity index (χ3n) is 4.58. The number of likely N-dealkylation sites (tertiary alicyclic amines) is 1. The smallest absolute Gasteiger partial charge is 0.268 e. The molecule has 2 heterocycles. The van der Waals surface area contributed by atoms with Gasteiger partial charge in [-0.15, -0.1) is 0 Å². The van der Waals surface area contributed by atoms with Gasteiger partial charge in [-0.1, -0.05) is 13.3 Å². The van der Waals surface area contributed by atoms with E-state index in [1.165, 1.54) is 32.4 Å². The number of piperidine rings is 1. The molecule has 1 aliphatic heterocycles. The van der Waals surface area contributed by atoms with Gasteiger partial charge in [-0.05, 0) is 57.3 Å². The third kappa shape index (κ3) is 3.06. The van der Waals surface area contributed by atoms with Crippen LogP contribution in [0.2, 0.25) is 0 Å². The summed E-state index contributed by atoms with van der Waals surface area (Å²) in [7, 11) is 0. The number of aromatic nitrogens is 1. The summed E-state index contributed by atoms with van der Waals surface area (Å²) >= 11 is 0. The summed E-state index contributed by atoms with van der Waals surface area (Å²) in [5.41, 5.74) is 1.87. The van der Waals surface area contributed by atoms with Crippen molar-refractivity contribution in [3.05, 3.63) is 23.5 Å². The summed E-state index contributed by atoms with van der Waals surface area (Å²) in [6, 6.07) is 3.89. The number of nitrogens with one attached hydrogen (secondary N) is 2. The van der Waals surface area contributed by atoms with Crippen LogP contribution in [-0.2, 0) is 6.42 Å². The van der Waals surface area contributed by atoms with Gasteiger partial charge in [0.15, 0.2) is 0 Å². The summed E-state index contributed by atoms with van der Waals surface area (Å²) < 4.78 is 0. The Labute approximate surface area is 120 Å². The number of carbonyl (C=O) groups excluding carboxylic acids is 1. The lowest BCUT2D eigenvalue weighted by Crippen LogP contribution is -2.47. The fourth-order valence-corrected chi connectivity index (χ4v) is 3.11. The molecule has 0 aromatic carbocycles. The fraction of sp³-hybridized carbons (Fsp3) is 0.688. The van der Waals surface area contributed by atoms with Crippen molar-refractivity contribution >= 4 is 5.91 Å². The van der Waals surface area contributed by atoms with Gasteiger partial charge in [-0.25, -0.2) is 0 Å². The summed E-state index contributed by atoms with van der Waals surface area (Å²) in [4.78, 5) is 18.0.